The Morgan fingerprint density at radius 3 is 1.89 bits per heavy atom. The van der Waals surface area contributed by atoms with Gasteiger partial charge in [-0.1, -0.05) is 18.7 Å². The lowest BCUT2D eigenvalue weighted by Gasteiger charge is -2.37. The number of allylic oxidation sites excluding steroid dienone is 1. The monoisotopic (exact) mass is 390 g/mol. The number of rotatable bonds is 8. The van der Waals surface area contributed by atoms with E-state index in [1.165, 1.54) is 56.7 Å². The van der Waals surface area contributed by atoms with Crippen LogP contribution < -0.4 is 9.47 Å². The highest BCUT2D eigenvalue weighted by Gasteiger charge is 2.30. The fourth-order valence-corrected chi connectivity index (χ4v) is 4.77. The van der Waals surface area contributed by atoms with E-state index in [1.807, 2.05) is 0 Å². The lowest BCUT2D eigenvalue weighted by molar-refractivity contribution is 0.127. The van der Waals surface area contributed by atoms with Crippen molar-refractivity contribution in [2.45, 2.75) is 51.4 Å². The molecule has 0 aromatic heterocycles. The van der Waals surface area contributed by atoms with Crippen molar-refractivity contribution in [3.63, 3.8) is 0 Å². The Morgan fingerprint density at radius 2 is 1.36 bits per heavy atom. The molecule has 1 aromatic carbocycles. The van der Waals surface area contributed by atoms with Crippen LogP contribution in [0.25, 0.3) is 0 Å². The lowest BCUT2D eigenvalue weighted by atomic mass is 9.69. The first-order valence-electron chi connectivity index (χ1n) is 10.6. The van der Waals surface area contributed by atoms with Gasteiger partial charge in [0.15, 0.2) is 11.5 Å². The Kier molecular flexibility index (Phi) is 7.52. The summed E-state index contributed by atoms with van der Waals surface area (Å²) in [5, 5.41) is 0. The fourth-order valence-electron chi connectivity index (χ4n) is 4.77. The standard InChI is InChI=1S/C24H32F2O2/c1-3-15-27-21-13-14-22(24(26)23(21)25)28-16-18-7-11-20(12-8-18)19-9-5-17(4-2)6-10-19/h3-4,13-14,17-20H,1-2,5-12,15-16H2/t17-,18-,19-,20-. The van der Waals surface area contributed by atoms with E-state index < -0.39 is 11.6 Å². The summed E-state index contributed by atoms with van der Waals surface area (Å²) in [6.45, 7) is 8.01. The predicted molar refractivity (Wildman–Crippen MR) is 109 cm³/mol. The number of halogens is 2. The zero-order valence-electron chi connectivity index (χ0n) is 16.7. The average molecular weight is 391 g/mol. The van der Waals surface area contributed by atoms with Gasteiger partial charge in [-0.25, -0.2) is 0 Å². The molecule has 154 valence electrons. The second-order valence-corrected chi connectivity index (χ2v) is 8.29. The zero-order chi connectivity index (χ0) is 19.9. The van der Waals surface area contributed by atoms with Crippen LogP contribution in [0, 0.1) is 35.3 Å². The van der Waals surface area contributed by atoms with Crippen LogP contribution >= 0.6 is 0 Å². The summed E-state index contributed by atoms with van der Waals surface area (Å²) in [6, 6.07) is 2.86. The summed E-state index contributed by atoms with van der Waals surface area (Å²) in [5.74, 6) is 0.673. The molecule has 3 rings (SSSR count). The molecule has 0 heterocycles. The first kappa shape index (κ1) is 20.9. The van der Waals surface area contributed by atoms with Gasteiger partial charge in [0.25, 0.3) is 0 Å². The third-order valence-corrected chi connectivity index (χ3v) is 6.55. The second-order valence-electron chi connectivity index (χ2n) is 8.29. The molecule has 28 heavy (non-hydrogen) atoms. The molecule has 0 radical (unpaired) electrons. The molecule has 0 amide bonds. The van der Waals surface area contributed by atoms with Crippen molar-refractivity contribution in [2.75, 3.05) is 13.2 Å². The van der Waals surface area contributed by atoms with Gasteiger partial charge in [-0.2, -0.15) is 8.78 Å². The van der Waals surface area contributed by atoms with Gasteiger partial charge in [0.05, 0.1) is 6.61 Å². The van der Waals surface area contributed by atoms with Gasteiger partial charge < -0.3 is 9.47 Å². The molecular formula is C24H32F2O2. The third-order valence-electron chi connectivity index (χ3n) is 6.55. The van der Waals surface area contributed by atoms with E-state index in [-0.39, 0.29) is 18.1 Å². The minimum atomic E-state index is -1.00. The molecule has 0 aliphatic heterocycles. The van der Waals surface area contributed by atoms with E-state index in [4.69, 9.17) is 9.47 Å². The SMILES string of the molecule is C=CCOc1ccc(OC[C@H]2CC[C@H]([C@H]3CC[C@H](C=C)CC3)CC2)c(F)c1F. The Bertz CT molecular complexity index is 657. The first-order chi connectivity index (χ1) is 13.6. The molecule has 2 aliphatic carbocycles. The van der Waals surface area contributed by atoms with Crippen LogP contribution in [-0.2, 0) is 0 Å². The number of benzene rings is 1. The summed E-state index contributed by atoms with van der Waals surface area (Å²) in [4.78, 5) is 0. The van der Waals surface area contributed by atoms with Crippen LogP contribution in [0.5, 0.6) is 11.5 Å². The van der Waals surface area contributed by atoms with Crippen molar-refractivity contribution in [2.24, 2.45) is 23.7 Å². The van der Waals surface area contributed by atoms with Gasteiger partial charge in [-0.3, -0.25) is 0 Å². The van der Waals surface area contributed by atoms with Crippen molar-refractivity contribution in [1.29, 1.82) is 0 Å². The largest absolute Gasteiger partial charge is 0.490 e. The molecule has 0 bridgehead atoms. The smallest absolute Gasteiger partial charge is 0.204 e. The molecule has 0 atom stereocenters. The zero-order valence-corrected chi connectivity index (χ0v) is 16.7. The van der Waals surface area contributed by atoms with Crippen LogP contribution in [0.15, 0.2) is 37.4 Å². The summed E-state index contributed by atoms with van der Waals surface area (Å²) < 4.78 is 39.0. The van der Waals surface area contributed by atoms with Gasteiger partial charge in [-0.05, 0) is 87.2 Å². The number of hydrogen-bond acceptors (Lipinski definition) is 2. The summed E-state index contributed by atoms with van der Waals surface area (Å²) in [5.41, 5.74) is 0. The molecule has 0 unspecified atom stereocenters. The summed E-state index contributed by atoms with van der Waals surface area (Å²) in [7, 11) is 0. The molecular weight excluding hydrogens is 358 g/mol. The van der Waals surface area contributed by atoms with E-state index >= 15 is 0 Å². The van der Waals surface area contributed by atoms with Crippen molar-refractivity contribution in [3.8, 4) is 11.5 Å². The van der Waals surface area contributed by atoms with Crippen molar-refractivity contribution < 1.29 is 18.3 Å². The molecule has 2 nitrogen and oxygen atoms in total. The van der Waals surface area contributed by atoms with Crippen molar-refractivity contribution in [1.82, 2.24) is 0 Å². The highest BCUT2D eigenvalue weighted by molar-refractivity contribution is 5.35. The third kappa shape index (κ3) is 5.15. The highest BCUT2D eigenvalue weighted by atomic mass is 19.2. The maximum atomic E-state index is 14.2. The quantitative estimate of drug-likeness (QED) is 0.459. The van der Waals surface area contributed by atoms with E-state index in [9.17, 15) is 8.78 Å². The van der Waals surface area contributed by atoms with Crippen LogP contribution in [0.4, 0.5) is 8.78 Å². The van der Waals surface area contributed by atoms with Gasteiger partial charge in [0.1, 0.15) is 6.61 Å². The summed E-state index contributed by atoms with van der Waals surface area (Å²) in [6.07, 6.45) is 13.5. The topological polar surface area (TPSA) is 18.5 Å². The molecule has 4 heteroatoms. The number of hydrogen-bond donors (Lipinski definition) is 0. The van der Waals surface area contributed by atoms with E-state index in [1.54, 1.807) is 0 Å². The minimum Gasteiger partial charge on any atom is -0.490 e. The van der Waals surface area contributed by atoms with Crippen LogP contribution in [0.2, 0.25) is 0 Å². The van der Waals surface area contributed by atoms with Crippen LogP contribution in [0.1, 0.15) is 51.4 Å². The van der Waals surface area contributed by atoms with Gasteiger partial charge in [-0.15, -0.1) is 6.58 Å². The molecule has 0 saturated heterocycles. The van der Waals surface area contributed by atoms with E-state index in [0.717, 1.165) is 24.7 Å². The van der Waals surface area contributed by atoms with Crippen LogP contribution in [-0.4, -0.2) is 13.2 Å². The average Bonchev–Trinajstić information content (AvgIpc) is 2.74. The van der Waals surface area contributed by atoms with E-state index in [2.05, 4.69) is 19.2 Å². The fraction of sp³-hybridized carbons (Fsp3) is 0.583. The summed E-state index contributed by atoms with van der Waals surface area (Å²) >= 11 is 0. The predicted octanol–water partition coefficient (Wildman–Crippen LogP) is 6.71. The molecule has 2 saturated carbocycles. The molecule has 1 aromatic rings. The molecule has 0 N–H and O–H groups in total. The second kappa shape index (κ2) is 10.1. The normalized spacial score (nSPS) is 27.8. The lowest BCUT2D eigenvalue weighted by Crippen LogP contribution is -2.27. The number of ether oxygens (including phenoxy) is 2. The molecule has 2 fully saturated rings. The maximum absolute atomic E-state index is 14.2. The van der Waals surface area contributed by atoms with E-state index in [0.29, 0.717) is 18.4 Å². The Hall–Kier alpha value is -1.84. The van der Waals surface area contributed by atoms with Crippen molar-refractivity contribution >= 4 is 0 Å². The van der Waals surface area contributed by atoms with Crippen molar-refractivity contribution in [3.05, 3.63) is 49.1 Å². The molecule has 2 aliphatic rings. The van der Waals surface area contributed by atoms with Gasteiger partial charge in [0.2, 0.25) is 11.6 Å². The highest BCUT2D eigenvalue weighted by Crippen LogP contribution is 2.41. The molecule has 0 spiro atoms. The first-order valence-corrected chi connectivity index (χ1v) is 10.6. The minimum absolute atomic E-state index is 0.0340. The van der Waals surface area contributed by atoms with Gasteiger partial charge in [0, 0.05) is 0 Å². The maximum Gasteiger partial charge on any atom is 0.204 e. The van der Waals surface area contributed by atoms with Crippen LogP contribution in [0.3, 0.4) is 0 Å². The Labute approximate surface area is 167 Å². The Morgan fingerprint density at radius 1 is 0.821 bits per heavy atom. The Balaban J connectivity index is 1.45. The van der Waals surface area contributed by atoms with Gasteiger partial charge >= 0.3 is 0 Å².